The third-order valence-corrected chi connectivity index (χ3v) is 8.69. The van der Waals surface area contributed by atoms with Crippen LogP contribution in [0, 0.1) is 28.6 Å². The van der Waals surface area contributed by atoms with Gasteiger partial charge in [0.25, 0.3) is 0 Å². The maximum Gasteiger partial charge on any atom is 0.303 e. The van der Waals surface area contributed by atoms with Crippen molar-refractivity contribution in [2.24, 2.45) is 28.6 Å². The van der Waals surface area contributed by atoms with Crippen LogP contribution >= 0.6 is 0 Å². The van der Waals surface area contributed by atoms with Crippen LogP contribution in [0.25, 0.3) is 0 Å². The fourth-order valence-electron chi connectivity index (χ4n) is 6.92. The predicted molar refractivity (Wildman–Crippen MR) is 110 cm³/mol. The van der Waals surface area contributed by atoms with Crippen LogP contribution in [0.1, 0.15) is 65.7 Å². The zero-order valence-corrected chi connectivity index (χ0v) is 17.7. The quantitative estimate of drug-likeness (QED) is 0.530. The van der Waals surface area contributed by atoms with Gasteiger partial charge >= 0.3 is 5.97 Å². The van der Waals surface area contributed by atoms with Gasteiger partial charge in [-0.05, 0) is 73.5 Å². The van der Waals surface area contributed by atoms with Gasteiger partial charge in [-0.1, -0.05) is 32.4 Å². The highest BCUT2D eigenvalue weighted by atomic mass is 16.4. The summed E-state index contributed by atoms with van der Waals surface area (Å²) < 4.78 is 0. The summed E-state index contributed by atoms with van der Waals surface area (Å²) in [5.74, 6) is 0.0440. The predicted octanol–water partition coefficient (Wildman–Crippen LogP) is 4.12. The van der Waals surface area contributed by atoms with Gasteiger partial charge in [0.15, 0.2) is 0 Å². The molecular weight excluding hydrogens is 368 g/mol. The van der Waals surface area contributed by atoms with E-state index >= 15 is 0 Å². The summed E-state index contributed by atoms with van der Waals surface area (Å²) in [5.41, 5.74) is 2.47. The van der Waals surface area contributed by atoms with E-state index in [1.165, 1.54) is 0 Å². The Labute approximate surface area is 172 Å². The first-order valence-corrected chi connectivity index (χ1v) is 11.0. The number of fused-ring (bicyclic) bond motifs is 4. The van der Waals surface area contributed by atoms with Crippen LogP contribution in [0.3, 0.4) is 0 Å². The summed E-state index contributed by atoms with van der Waals surface area (Å²) in [5, 5.41) is 41.6. The fourth-order valence-corrected chi connectivity index (χ4v) is 6.92. The maximum atomic E-state index is 11.3. The average Bonchev–Trinajstić information content (AvgIpc) is 3.01. The molecule has 2 saturated carbocycles. The van der Waals surface area contributed by atoms with Gasteiger partial charge in [0.1, 0.15) is 0 Å². The van der Waals surface area contributed by atoms with E-state index in [2.05, 4.69) is 20.8 Å². The van der Waals surface area contributed by atoms with Gasteiger partial charge in [0, 0.05) is 17.3 Å². The van der Waals surface area contributed by atoms with Crippen LogP contribution in [-0.4, -0.2) is 38.6 Å². The highest BCUT2D eigenvalue weighted by Crippen LogP contribution is 2.64. The first-order chi connectivity index (χ1) is 13.6. The smallest absolute Gasteiger partial charge is 0.303 e. The molecule has 0 unspecified atom stereocenters. The highest BCUT2D eigenvalue weighted by Gasteiger charge is 2.57. The lowest BCUT2D eigenvalue weighted by atomic mass is 9.54. The first-order valence-electron chi connectivity index (χ1n) is 11.0. The largest absolute Gasteiger partial charge is 0.512 e. The molecule has 0 radical (unpaired) electrons. The number of aliphatic hydroxyl groups is 3. The van der Waals surface area contributed by atoms with Crippen molar-refractivity contribution in [1.29, 1.82) is 0 Å². The number of rotatable bonds is 4. The van der Waals surface area contributed by atoms with Crippen LogP contribution in [0.15, 0.2) is 34.6 Å². The molecule has 5 heteroatoms. The SMILES string of the molecule is C[C@H](CCC(=O)O)[C@@H]1CC[C@@H]2C3=C(C=C(O)[C@@]21C)[C@@]1(C)CC[C@@H](O)CC1=C[C@H]3O. The lowest BCUT2D eigenvalue weighted by molar-refractivity contribution is -0.137. The molecule has 7 atom stereocenters. The minimum absolute atomic E-state index is 0.0660. The average molecular weight is 403 g/mol. The van der Waals surface area contributed by atoms with E-state index in [0.29, 0.717) is 18.6 Å². The number of carbonyl (C=O) groups is 1. The molecule has 4 aliphatic rings. The Morgan fingerprint density at radius 1 is 1.24 bits per heavy atom. The van der Waals surface area contributed by atoms with Crippen LogP contribution in [0.2, 0.25) is 0 Å². The molecule has 0 aliphatic heterocycles. The van der Waals surface area contributed by atoms with Crippen molar-refractivity contribution in [2.45, 2.75) is 77.9 Å². The van der Waals surface area contributed by atoms with Gasteiger partial charge in [-0.15, -0.1) is 0 Å². The van der Waals surface area contributed by atoms with Gasteiger partial charge in [0.05, 0.1) is 18.0 Å². The van der Waals surface area contributed by atoms with Gasteiger partial charge in [0.2, 0.25) is 0 Å². The molecule has 0 aromatic heterocycles. The summed E-state index contributed by atoms with van der Waals surface area (Å²) >= 11 is 0. The molecule has 0 heterocycles. The molecule has 0 spiro atoms. The lowest BCUT2D eigenvalue weighted by Gasteiger charge is -2.51. The maximum absolute atomic E-state index is 11.3. The van der Waals surface area contributed by atoms with Gasteiger partial charge in [-0.2, -0.15) is 0 Å². The summed E-state index contributed by atoms with van der Waals surface area (Å²) in [6, 6.07) is 0. The fraction of sp³-hybridized carbons (Fsp3) is 0.708. The molecule has 4 aliphatic carbocycles. The van der Waals surface area contributed by atoms with Crippen LogP contribution in [-0.2, 0) is 4.79 Å². The van der Waals surface area contributed by atoms with Crippen molar-refractivity contribution >= 4 is 5.97 Å². The van der Waals surface area contributed by atoms with Gasteiger partial charge < -0.3 is 20.4 Å². The Morgan fingerprint density at radius 2 is 1.97 bits per heavy atom. The van der Waals surface area contributed by atoms with E-state index in [4.69, 9.17) is 5.11 Å². The number of hydrogen-bond acceptors (Lipinski definition) is 4. The molecule has 0 aromatic rings. The van der Waals surface area contributed by atoms with Crippen LogP contribution < -0.4 is 0 Å². The van der Waals surface area contributed by atoms with E-state index in [9.17, 15) is 20.1 Å². The number of carboxylic acids is 1. The minimum atomic E-state index is -0.780. The molecule has 2 fully saturated rings. The number of carboxylic acid groups (broad SMARTS) is 1. The van der Waals surface area contributed by atoms with Crippen molar-refractivity contribution in [1.82, 2.24) is 0 Å². The lowest BCUT2D eigenvalue weighted by Crippen LogP contribution is -2.45. The van der Waals surface area contributed by atoms with Crippen molar-refractivity contribution in [2.75, 3.05) is 0 Å². The van der Waals surface area contributed by atoms with Crippen molar-refractivity contribution < 1.29 is 25.2 Å². The third kappa shape index (κ3) is 3.00. The zero-order valence-electron chi connectivity index (χ0n) is 17.7. The number of aliphatic hydroxyl groups excluding tert-OH is 3. The van der Waals surface area contributed by atoms with Gasteiger partial charge in [-0.3, -0.25) is 4.79 Å². The molecule has 0 aromatic carbocycles. The van der Waals surface area contributed by atoms with E-state index in [1.54, 1.807) is 0 Å². The van der Waals surface area contributed by atoms with E-state index in [1.807, 2.05) is 12.2 Å². The van der Waals surface area contributed by atoms with E-state index in [0.717, 1.165) is 42.4 Å². The Kier molecular flexibility index (Phi) is 4.98. The molecule has 0 bridgehead atoms. The Hall–Kier alpha value is -1.59. The highest BCUT2D eigenvalue weighted by molar-refractivity contribution is 5.66. The summed E-state index contributed by atoms with van der Waals surface area (Å²) in [4.78, 5) is 11.0. The molecular formula is C24H34O5. The molecule has 4 N–H and O–H groups in total. The topological polar surface area (TPSA) is 98.0 Å². The van der Waals surface area contributed by atoms with Crippen molar-refractivity contribution in [3.63, 3.8) is 0 Å². The first kappa shape index (κ1) is 20.7. The summed E-state index contributed by atoms with van der Waals surface area (Å²) in [6.45, 7) is 6.37. The minimum Gasteiger partial charge on any atom is -0.512 e. The number of aliphatic carboxylic acids is 1. The zero-order chi connectivity index (χ0) is 21.1. The Balaban J connectivity index is 1.71. The van der Waals surface area contributed by atoms with Crippen molar-refractivity contribution in [3.8, 4) is 0 Å². The van der Waals surface area contributed by atoms with Crippen LogP contribution in [0.4, 0.5) is 0 Å². The Bertz CT molecular complexity index is 808. The van der Waals surface area contributed by atoms with E-state index in [-0.39, 0.29) is 35.7 Å². The van der Waals surface area contributed by atoms with Crippen LogP contribution in [0.5, 0.6) is 0 Å². The summed E-state index contributed by atoms with van der Waals surface area (Å²) in [7, 11) is 0. The second-order valence-corrected chi connectivity index (χ2v) is 10.2. The van der Waals surface area contributed by atoms with Gasteiger partial charge in [-0.25, -0.2) is 0 Å². The standard InChI is InChI=1S/C24H34O5/c1-13(4-7-21(28)29)16-5-6-17-22-18(12-20(27)24(16,17)3)23(2)9-8-15(25)10-14(23)11-19(22)26/h11-13,15-17,19,25-27H,4-10H2,1-3H3,(H,28,29)/t13-,15-,16+,17-,19-,23+,24-/m1/s1. The third-order valence-electron chi connectivity index (χ3n) is 8.69. The normalized spacial score (nSPS) is 42.4. The second kappa shape index (κ2) is 6.98. The molecule has 29 heavy (non-hydrogen) atoms. The molecule has 4 rings (SSSR count). The number of allylic oxidation sites excluding steroid dienone is 3. The summed E-state index contributed by atoms with van der Waals surface area (Å²) in [6.07, 6.45) is 7.50. The molecule has 5 nitrogen and oxygen atoms in total. The molecule has 160 valence electrons. The Morgan fingerprint density at radius 3 is 2.66 bits per heavy atom. The molecule has 0 amide bonds. The number of hydrogen-bond donors (Lipinski definition) is 4. The van der Waals surface area contributed by atoms with E-state index < -0.39 is 17.5 Å². The van der Waals surface area contributed by atoms with Crippen molar-refractivity contribution in [3.05, 3.63) is 34.6 Å². The molecule has 0 saturated heterocycles. The monoisotopic (exact) mass is 402 g/mol. The second-order valence-electron chi connectivity index (χ2n) is 10.2.